The zero-order valence-corrected chi connectivity index (χ0v) is 20.5. The maximum absolute atomic E-state index is 13.6. The Morgan fingerprint density at radius 2 is 1.73 bits per heavy atom. The van der Waals surface area contributed by atoms with Crippen molar-refractivity contribution in [1.82, 2.24) is 14.7 Å². The van der Waals surface area contributed by atoms with Gasteiger partial charge in [-0.15, -0.1) is 0 Å². The minimum absolute atomic E-state index is 0.257. The highest BCUT2D eigenvalue weighted by atomic mass is 16.5. The van der Waals surface area contributed by atoms with Gasteiger partial charge >= 0.3 is 0 Å². The van der Waals surface area contributed by atoms with E-state index in [2.05, 4.69) is 64.3 Å². The molecule has 0 radical (unpaired) electrons. The van der Waals surface area contributed by atoms with E-state index in [1.54, 1.807) is 0 Å². The lowest BCUT2D eigenvalue weighted by Crippen LogP contribution is -2.49. The number of carbonyl (C=O) groups excluding carboxylic acids is 1. The Morgan fingerprint density at radius 1 is 1.06 bits per heavy atom. The monoisotopic (exact) mass is 453 g/mol. The molecule has 7 nitrogen and oxygen atoms in total. The van der Waals surface area contributed by atoms with Crippen LogP contribution in [0.5, 0.6) is 0 Å². The summed E-state index contributed by atoms with van der Waals surface area (Å²) in [5, 5.41) is 3.44. The van der Waals surface area contributed by atoms with Crippen LogP contribution in [0.4, 0.5) is 5.69 Å². The number of ether oxygens (including phenoxy) is 1. The second-order valence-corrected chi connectivity index (χ2v) is 9.39. The average Bonchev–Trinajstić information content (AvgIpc) is 3.66. The van der Waals surface area contributed by atoms with Crippen LogP contribution in [0.3, 0.4) is 0 Å². The Hall–Kier alpha value is -2.38. The number of piperazine rings is 1. The Morgan fingerprint density at radius 3 is 2.30 bits per heavy atom. The quantitative estimate of drug-likeness (QED) is 0.508. The van der Waals surface area contributed by atoms with E-state index in [4.69, 9.17) is 9.73 Å². The molecule has 7 heteroatoms. The van der Waals surface area contributed by atoms with Crippen LogP contribution in [0, 0.1) is 5.41 Å². The molecule has 33 heavy (non-hydrogen) atoms. The van der Waals surface area contributed by atoms with Gasteiger partial charge in [-0.05, 0) is 57.5 Å². The molecule has 0 atom stereocenters. The van der Waals surface area contributed by atoms with Crippen molar-refractivity contribution in [2.45, 2.75) is 33.1 Å². The molecule has 1 aromatic rings. The van der Waals surface area contributed by atoms with Gasteiger partial charge in [-0.25, -0.2) is 4.99 Å². The van der Waals surface area contributed by atoms with Crippen molar-refractivity contribution in [3.05, 3.63) is 41.6 Å². The molecule has 2 saturated heterocycles. The van der Waals surface area contributed by atoms with Gasteiger partial charge < -0.3 is 24.8 Å². The summed E-state index contributed by atoms with van der Waals surface area (Å²) in [6.45, 7) is 11.7. The van der Waals surface area contributed by atoms with Crippen molar-refractivity contribution in [3.63, 3.8) is 0 Å². The van der Waals surface area contributed by atoms with Crippen molar-refractivity contribution in [3.8, 4) is 0 Å². The van der Waals surface area contributed by atoms with Gasteiger partial charge in [0.05, 0.1) is 24.3 Å². The molecule has 1 aromatic carbocycles. The summed E-state index contributed by atoms with van der Waals surface area (Å²) < 4.78 is 5.60. The first-order chi connectivity index (χ1) is 16.1. The van der Waals surface area contributed by atoms with E-state index in [-0.39, 0.29) is 5.91 Å². The normalized spacial score (nSPS) is 21.8. The van der Waals surface area contributed by atoms with E-state index in [0.29, 0.717) is 13.2 Å². The molecule has 2 heterocycles. The first kappa shape index (κ1) is 23.8. The molecule has 3 aliphatic rings. The summed E-state index contributed by atoms with van der Waals surface area (Å²) >= 11 is 0. The van der Waals surface area contributed by atoms with Crippen LogP contribution in [0.25, 0.3) is 0 Å². The number of hydrogen-bond acceptors (Lipinski definition) is 5. The van der Waals surface area contributed by atoms with E-state index in [0.717, 1.165) is 87.9 Å². The Kier molecular flexibility index (Phi) is 7.71. The van der Waals surface area contributed by atoms with Crippen molar-refractivity contribution in [2.75, 3.05) is 71.4 Å². The van der Waals surface area contributed by atoms with Gasteiger partial charge in [-0.3, -0.25) is 4.79 Å². The van der Waals surface area contributed by atoms with Crippen LogP contribution in [0.1, 0.15) is 38.7 Å². The number of benzene rings is 1. The van der Waals surface area contributed by atoms with Gasteiger partial charge in [-0.1, -0.05) is 13.0 Å². The fourth-order valence-electron chi connectivity index (χ4n) is 4.68. The van der Waals surface area contributed by atoms with E-state index in [1.807, 2.05) is 6.92 Å². The predicted octanol–water partition coefficient (Wildman–Crippen LogP) is 3.05. The van der Waals surface area contributed by atoms with Gasteiger partial charge in [0.15, 0.2) is 0 Å². The predicted molar refractivity (Wildman–Crippen MR) is 134 cm³/mol. The molecule has 0 spiro atoms. The molecule has 3 fully saturated rings. The smallest absolute Gasteiger partial charge is 0.234 e. The van der Waals surface area contributed by atoms with Crippen LogP contribution >= 0.6 is 0 Å². The lowest BCUT2D eigenvalue weighted by atomic mass is 9.99. The first-order valence-corrected chi connectivity index (χ1v) is 12.5. The summed E-state index contributed by atoms with van der Waals surface area (Å²) in [5.41, 5.74) is 2.67. The molecule has 4 rings (SSSR count). The highest BCUT2D eigenvalue weighted by molar-refractivity contribution is 6.00. The summed E-state index contributed by atoms with van der Waals surface area (Å²) in [4.78, 5) is 25.4. The second-order valence-electron chi connectivity index (χ2n) is 9.39. The molecule has 1 amide bonds. The van der Waals surface area contributed by atoms with Crippen molar-refractivity contribution in [1.29, 1.82) is 0 Å². The van der Waals surface area contributed by atoms with Gasteiger partial charge in [0.25, 0.3) is 0 Å². The van der Waals surface area contributed by atoms with Gasteiger partial charge in [-0.2, -0.15) is 0 Å². The second kappa shape index (κ2) is 10.7. The third-order valence-corrected chi connectivity index (χ3v) is 6.97. The van der Waals surface area contributed by atoms with E-state index in [9.17, 15) is 4.79 Å². The van der Waals surface area contributed by atoms with Crippen molar-refractivity contribution >= 4 is 17.4 Å². The number of likely N-dealkylation sites (N-methyl/N-ethyl adjacent to an activating group) is 1. The molecule has 2 aliphatic heterocycles. The fraction of sp³-hybridized carbons (Fsp3) is 0.615. The molecular formula is C26H39N5O2. The summed E-state index contributed by atoms with van der Waals surface area (Å²) in [6, 6.07) is 8.53. The Bertz CT molecular complexity index is 861. The zero-order valence-electron chi connectivity index (χ0n) is 20.5. The number of allylic oxidation sites excluding steroid dienone is 1. The number of amidine groups is 1. The summed E-state index contributed by atoms with van der Waals surface area (Å²) in [6.07, 6.45) is 4.92. The van der Waals surface area contributed by atoms with Crippen LogP contribution in [-0.4, -0.2) is 92.5 Å². The fourth-order valence-corrected chi connectivity index (χ4v) is 4.68. The van der Waals surface area contributed by atoms with Gasteiger partial charge in [0.2, 0.25) is 5.91 Å². The molecule has 1 saturated carbocycles. The van der Waals surface area contributed by atoms with E-state index < -0.39 is 5.41 Å². The minimum atomic E-state index is -0.454. The van der Waals surface area contributed by atoms with Crippen LogP contribution in [0.2, 0.25) is 0 Å². The molecule has 0 unspecified atom stereocenters. The minimum Gasteiger partial charge on any atom is -0.385 e. The topological polar surface area (TPSA) is 60.4 Å². The summed E-state index contributed by atoms with van der Waals surface area (Å²) in [5.74, 6) is 1.21. The number of nitrogens with zero attached hydrogens (tertiary/aromatic N) is 4. The van der Waals surface area contributed by atoms with E-state index in [1.165, 1.54) is 0 Å². The number of morpholine rings is 1. The van der Waals surface area contributed by atoms with Gasteiger partial charge in [0, 0.05) is 57.1 Å². The zero-order chi connectivity index (χ0) is 23.3. The highest BCUT2D eigenvalue weighted by Crippen LogP contribution is 2.54. The van der Waals surface area contributed by atoms with Crippen molar-refractivity contribution < 1.29 is 9.53 Å². The maximum atomic E-state index is 13.6. The van der Waals surface area contributed by atoms with Crippen molar-refractivity contribution in [2.24, 2.45) is 10.4 Å². The molecule has 180 valence electrons. The van der Waals surface area contributed by atoms with Crippen LogP contribution < -0.4 is 5.32 Å². The van der Waals surface area contributed by atoms with E-state index >= 15 is 0 Å². The molecule has 1 N–H and O–H groups in total. The maximum Gasteiger partial charge on any atom is 0.234 e. The number of nitrogens with one attached hydrogen (secondary N) is 1. The number of anilines is 1. The Labute approximate surface area is 198 Å². The molecule has 1 aliphatic carbocycles. The van der Waals surface area contributed by atoms with Crippen LogP contribution in [0.15, 0.2) is 41.0 Å². The number of carbonyl (C=O) groups is 1. The first-order valence-electron chi connectivity index (χ1n) is 12.5. The number of amides is 1. The number of aliphatic imine (C=N–C) groups is 1. The number of hydrogen-bond donors (Lipinski definition) is 1. The summed E-state index contributed by atoms with van der Waals surface area (Å²) in [7, 11) is 2.12. The third-order valence-electron chi connectivity index (χ3n) is 6.97. The standard InChI is InChI=1S/C26H39N5O2/c1-4-12-27-22-8-6-21(7-9-22)24(30-17-19-33-20-18-30)28-23(5-2)26(10-11-26)25(32)31-15-13-29(3)14-16-31/h5-9,27H,4,10-20H2,1-3H3/b23-5-,28-24?. The molecular weight excluding hydrogens is 414 g/mol. The molecule has 0 bridgehead atoms. The SMILES string of the molecule is C/C=C(\N=C(c1ccc(NCCC)cc1)N1CCOCC1)C1(C(=O)N2CCN(C)CC2)CC1. The number of rotatable bonds is 7. The van der Waals surface area contributed by atoms with Gasteiger partial charge in [0.1, 0.15) is 5.84 Å². The lowest BCUT2D eigenvalue weighted by molar-refractivity contribution is -0.137. The third kappa shape index (κ3) is 5.41. The molecule has 0 aromatic heterocycles. The highest BCUT2D eigenvalue weighted by Gasteiger charge is 2.55. The largest absolute Gasteiger partial charge is 0.385 e. The lowest BCUT2D eigenvalue weighted by Gasteiger charge is -2.35. The van der Waals surface area contributed by atoms with Crippen LogP contribution in [-0.2, 0) is 9.53 Å². The Balaban J connectivity index is 1.60. The average molecular weight is 454 g/mol.